The minimum atomic E-state index is -0.0311. The molecule has 47 valence electrons. The second-order valence-corrected chi connectivity index (χ2v) is 1.48. The molecule has 1 radical (unpaired) electrons. The van der Waals surface area contributed by atoms with Crippen molar-refractivity contribution in [3.63, 3.8) is 0 Å². The van der Waals surface area contributed by atoms with Crippen molar-refractivity contribution in [2.45, 2.75) is 26.4 Å². The van der Waals surface area contributed by atoms with E-state index in [0.717, 1.165) is 12.9 Å². The zero-order valence-electron chi connectivity index (χ0n) is 5.01. The summed E-state index contributed by atoms with van der Waals surface area (Å²) in [6.07, 6.45) is 0.790. The number of hydrogen-bond donors (Lipinski definition) is 0. The van der Waals surface area contributed by atoms with Crippen LogP contribution in [-0.4, -0.2) is 12.6 Å². The maximum Gasteiger partial charge on any atom is 0.453 e. The lowest BCUT2D eigenvalue weighted by Crippen LogP contribution is -2.05. The number of rotatable bonds is 4. The molecule has 0 spiro atoms. The van der Waals surface area contributed by atoms with Crippen LogP contribution >= 0.6 is 0 Å². The van der Waals surface area contributed by atoms with Crippen LogP contribution in [0.15, 0.2) is 0 Å². The Morgan fingerprint density at radius 2 is 2.38 bits per heavy atom. The third-order valence-corrected chi connectivity index (χ3v) is 0.821. The summed E-state index contributed by atoms with van der Waals surface area (Å²) >= 11 is 0. The molecule has 0 aromatic carbocycles. The molecule has 0 heterocycles. The van der Waals surface area contributed by atoms with Gasteiger partial charge in [0.15, 0.2) is 0 Å². The van der Waals surface area contributed by atoms with Gasteiger partial charge in [0.25, 0.3) is 0 Å². The monoisotopic (exact) mass is 117 g/mol. The topological polar surface area (TPSA) is 35.5 Å². The van der Waals surface area contributed by atoms with Gasteiger partial charge in [0, 0.05) is 0 Å². The first-order chi connectivity index (χ1) is 3.81. The van der Waals surface area contributed by atoms with Gasteiger partial charge in [0.1, 0.15) is 6.10 Å². The molecule has 0 saturated heterocycles. The van der Waals surface area contributed by atoms with Gasteiger partial charge in [0.05, 0.1) is 0 Å². The highest BCUT2D eigenvalue weighted by Crippen LogP contribution is 1.93. The van der Waals surface area contributed by atoms with Crippen molar-refractivity contribution < 1.29 is 14.6 Å². The van der Waals surface area contributed by atoms with Crippen LogP contribution < -0.4 is 0 Å². The molecule has 0 rings (SSSR count). The van der Waals surface area contributed by atoms with E-state index in [4.69, 9.17) is 0 Å². The Balaban J connectivity index is 2.97. The normalized spacial score (nSPS) is 12.8. The molecule has 0 amide bonds. The molecule has 0 saturated carbocycles. The van der Waals surface area contributed by atoms with Crippen LogP contribution in [0.4, 0.5) is 0 Å². The molecule has 3 heteroatoms. The second-order valence-electron chi connectivity index (χ2n) is 1.48. The Bertz CT molecular complexity index is 62.7. The molecule has 0 N–H and O–H groups in total. The van der Waals surface area contributed by atoms with Gasteiger partial charge in [-0.2, -0.15) is 4.89 Å². The zero-order valence-corrected chi connectivity index (χ0v) is 5.01. The first kappa shape index (κ1) is 7.43. The molecule has 0 fully saturated rings. The van der Waals surface area contributed by atoms with E-state index in [9.17, 15) is 4.79 Å². The van der Waals surface area contributed by atoms with E-state index in [1.165, 1.54) is 0 Å². The van der Waals surface area contributed by atoms with Gasteiger partial charge in [-0.25, -0.2) is 4.79 Å². The van der Waals surface area contributed by atoms with Crippen molar-refractivity contribution in [2.24, 2.45) is 0 Å². The van der Waals surface area contributed by atoms with Crippen LogP contribution in [0.3, 0.4) is 0 Å². The van der Waals surface area contributed by atoms with Gasteiger partial charge in [-0.15, -0.1) is 0 Å². The summed E-state index contributed by atoms with van der Waals surface area (Å²) in [6, 6.07) is 0. The van der Waals surface area contributed by atoms with E-state index >= 15 is 0 Å². The molecule has 0 aliphatic heterocycles. The minimum Gasteiger partial charge on any atom is -0.285 e. The molecule has 0 aliphatic carbocycles. The third kappa shape index (κ3) is 3.61. The Kier molecular flexibility index (Phi) is 4.26. The first-order valence-electron chi connectivity index (χ1n) is 2.50. The van der Waals surface area contributed by atoms with E-state index in [-0.39, 0.29) is 6.10 Å². The average molecular weight is 117 g/mol. The molecule has 8 heavy (non-hydrogen) atoms. The highest BCUT2D eigenvalue weighted by atomic mass is 17.2. The summed E-state index contributed by atoms with van der Waals surface area (Å²) in [5, 5.41) is 0. The fourth-order valence-electron chi connectivity index (χ4n) is 0.170. The van der Waals surface area contributed by atoms with Crippen LogP contribution in [-0.2, 0) is 14.6 Å². The van der Waals surface area contributed by atoms with E-state index in [0.29, 0.717) is 0 Å². The van der Waals surface area contributed by atoms with Crippen LogP contribution in [0.5, 0.6) is 0 Å². The van der Waals surface area contributed by atoms with E-state index in [1.807, 2.05) is 6.92 Å². The van der Waals surface area contributed by atoms with Crippen LogP contribution in [0.2, 0.25) is 0 Å². The van der Waals surface area contributed by atoms with E-state index < -0.39 is 0 Å². The van der Waals surface area contributed by atoms with Crippen molar-refractivity contribution >= 4 is 6.47 Å². The smallest absolute Gasteiger partial charge is 0.285 e. The van der Waals surface area contributed by atoms with Crippen molar-refractivity contribution in [3.05, 3.63) is 0 Å². The molecule has 0 aromatic heterocycles. The van der Waals surface area contributed by atoms with Crippen LogP contribution in [0.1, 0.15) is 20.3 Å². The molecule has 0 bridgehead atoms. The first-order valence-corrected chi connectivity index (χ1v) is 2.50. The third-order valence-electron chi connectivity index (χ3n) is 0.821. The SMILES string of the molecule is CCC(C)OO[C]=O. The fraction of sp³-hybridized carbons (Fsp3) is 0.800. The van der Waals surface area contributed by atoms with E-state index in [2.05, 4.69) is 9.78 Å². The summed E-state index contributed by atoms with van der Waals surface area (Å²) in [6.45, 7) is 4.89. The summed E-state index contributed by atoms with van der Waals surface area (Å²) < 4.78 is 0. The van der Waals surface area contributed by atoms with Crippen LogP contribution in [0.25, 0.3) is 0 Å². The summed E-state index contributed by atoms with van der Waals surface area (Å²) in [4.78, 5) is 17.7. The van der Waals surface area contributed by atoms with Crippen molar-refractivity contribution in [1.82, 2.24) is 0 Å². The molecule has 1 unspecified atom stereocenters. The van der Waals surface area contributed by atoms with Gasteiger partial charge in [-0.05, 0) is 13.3 Å². The zero-order chi connectivity index (χ0) is 6.41. The van der Waals surface area contributed by atoms with Gasteiger partial charge >= 0.3 is 6.47 Å². The molecule has 0 aromatic rings. The highest BCUT2D eigenvalue weighted by Gasteiger charge is 1.96. The Morgan fingerprint density at radius 3 is 2.75 bits per heavy atom. The Labute approximate surface area is 48.5 Å². The van der Waals surface area contributed by atoms with Crippen molar-refractivity contribution in [2.75, 3.05) is 0 Å². The van der Waals surface area contributed by atoms with Crippen LogP contribution in [0, 0.1) is 0 Å². The molecule has 0 aliphatic rings. The molecular weight excluding hydrogens is 108 g/mol. The summed E-state index contributed by atoms with van der Waals surface area (Å²) in [5.41, 5.74) is 0. The van der Waals surface area contributed by atoms with Crippen molar-refractivity contribution in [3.8, 4) is 0 Å². The largest absolute Gasteiger partial charge is 0.453 e. The van der Waals surface area contributed by atoms with Crippen molar-refractivity contribution in [1.29, 1.82) is 0 Å². The minimum absolute atomic E-state index is 0.0311. The second kappa shape index (κ2) is 4.59. The summed E-state index contributed by atoms with van der Waals surface area (Å²) in [5.74, 6) is 0. The molecule has 1 atom stereocenters. The Hall–Kier alpha value is -0.570. The average Bonchev–Trinajstić information content (AvgIpc) is 1.83. The molecule has 3 nitrogen and oxygen atoms in total. The van der Waals surface area contributed by atoms with Gasteiger partial charge in [0.2, 0.25) is 0 Å². The predicted octanol–water partition coefficient (Wildman–Crippen LogP) is 0.800. The maximum absolute atomic E-state index is 9.35. The highest BCUT2D eigenvalue weighted by molar-refractivity contribution is 5.36. The number of hydrogen-bond acceptors (Lipinski definition) is 3. The lowest BCUT2D eigenvalue weighted by atomic mass is 10.3. The molecular formula is C5H9O3. The van der Waals surface area contributed by atoms with Gasteiger partial charge < -0.3 is 0 Å². The predicted molar refractivity (Wildman–Crippen MR) is 27.6 cm³/mol. The number of carbonyl (C=O) groups excluding carboxylic acids is 1. The lowest BCUT2D eigenvalue weighted by molar-refractivity contribution is -0.254. The van der Waals surface area contributed by atoms with E-state index in [1.54, 1.807) is 6.92 Å². The lowest BCUT2D eigenvalue weighted by Gasteiger charge is -2.02. The van der Waals surface area contributed by atoms with Gasteiger partial charge in [-0.1, -0.05) is 6.92 Å². The summed E-state index contributed by atoms with van der Waals surface area (Å²) in [7, 11) is 0. The quantitative estimate of drug-likeness (QED) is 0.403. The fourth-order valence-corrected chi connectivity index (χ4v) is 0.170. The van der Waals surface area contributed by atoms with Gasteiger partial charge in [-0.3, -0.25) is 4.89 Å². The standard InChI is InChI=1S/C5H9O3/c1-3-5(2)8-7-4-6/h5H,3H2,1-2H3. The Morgan fingerprint density at radius 1 is 1.75 bits per heavy atom. The maximum atomic E-state index is 9.35.